The van der Waals surface area contributed by atoms with Crippen LogP contribution in [0.15, 0.2) is 47.4 Å². The van der Waals surface area contributed by atoms with E-state index >= 15 is 0 Å². The molecule has 1 aliphatic heterocycles. The lowest BCUT2D eigenvalue weighted by atomic mass is 10.1. The fourth-order valence-electron chi connectivity index (χ4n) is 3.78. The summed E-state index contributed by atoms with van der Waals surface area (Å²) in [7, 11) is -2.12. The van der Waals surface area contributed by atoms with E-state index in [4.69, 9.17) is 14.2 Å². The maximum atomic E-state index is 13.1. The van der Waals surface area contributed by atoms with E-state index in [2.05, 4.69) is 6.92 Å². The molecule has 0 N–H and O–H groups in total. The molecular formula is C24H32O5S. The van der Waals surface area contributed by atoms with Gasteiger partial charge < -0.3 is 14.2 Å². The molecule has 0 unspecified atom stereocenters. The minimum Gasteiger partial charge on any atom is -0.495 e. The lowest BCUT2D eigenvalue weighted by Crippen LogP contribution is -2.34. The van der Waals surface area contributed by atoms with Gasteiger partial charge in [-0.05, 0) is 43.2 Å². The molecule has 0 bridgehead atoms. The molecule has 0 spiro atoms. The third kappa shape index (κ3) is 4.91. The Bertz CT molecular complexity index is 921. The van der Waals surface area contributed by atoms with Crippen LogP contribution in [0.1, 0.15) is 64.0 Å². The van der Waals surface area contributed by atoms with Crippen LogP contribution in [0, 0.1) is 0 Å². The Hall–Kier alpha value is -2.21. The molecule has 0 aromatic heterocycles. The molecule has 0 aliphatic carbocycles. The van der Waals surface area contributed by atoms with Crippen LogP contribution in [0.5, 0.6) is 17.2 Å². The number of hydrogen-bond acceptors (Lipinski definition) is 5. The van der Waals surface area contributed by atoms with Crippen LogP contribution in [-0.4, -0.2) is 27.4 Å². The van der Waals surface area contributed by atoms with Crippen LogP contribution < -0.4 is 14.2 Å². The van der Waals surface area contributed by atoms with Crippen molar-refractivity contribution < 1.29 is 22.6 Å². The van der Waals surface area contributed by atoms with Gasteiger partial charge in [0.25, 0.3) is 0 Å². The zero-order chi connectivity index (χ0) is 21.6. The summed E-state index contributed by atoms with van der Waals surface area (Å²) in [5.41, 5.74) is 0.812. The molecule has 3 rings (SSSR count). The average molecular weight is 433 g/mol. The molecule has 0 saturated carbocycles. The summed E-state index contributed by atoms with van der Waals surface area (Å²) >= 11 is 0. The molecule has 0 fully saturated rings. The first-order valence-corrected chi connectivity index (χ1v) is 12.3. The number of fused-ring (bicyclic) bond motifs is 1. The monoisotopic (exact) mass is 432 g/mol. The highest BCUT2D eigenvalue weighted by molar-refractivity contribution is 7.92. The Morgan fingerprint density at radius 1 is 0.967 bits per heavy atom. The van der Waals surface area contributed by atoms with Crippen molar-refractivity contribution in [3.63, 3.8) is 0 Å². The van der Waals surface area contributed by atoms with Crippen molar-refractivity contribution >= 4 is 9.84 Å². The fraction of sp³-hybridized carbons (Fsp3) is 0.500. The molecule has 1 aliphatic rings. The highest BCUT2D eigenvalue weighted by atomic mass is 32.2. The number of ether oxygens (including phenoxy) is 3. The van der Waals surface area contributed by atoms with Gasteiger partial charge in [0.15, 0.2) is 14.7 Å². The summed E-state index contributed by atoms with van der Waals surface area (Å²) in [5.74, 6) is 1.44. The van der Waals surface area contributed by atoms with Crippen LogP contribution in [0.2, 0.25) is 0 Å². The molecule has 5 nitrogen and oxygen atoms in total. The minimum atomic E-state index is -3.58. The van der Waals surface area contributed by atoms with Gasteiger partial charge in [0.05, 0.1) is 13.7 Å². The van der Waals surface area contributed by atoms with Gasteiger partial charge in [0.2, 0.25) is 0 Å². The van der Waals surface area contributed by atoms with E-state index in [-0.39, 0.29) is 4.90 Å². The smallest absolute Gasteiger partial charge is 0.192 e. The van der Waals surface area contributed by atoms with Crippen molar-refractivity contribution in [3.05, 3.63) is 48.0 Å². The Balaban J connectivity index is 1.65. The fourth-order valence-corrected chi connectivity index (χ4v) is 5.51. The van der Waals surface area contributed by atoms with Crippen molar-refractivity contribution in [2.45, 2.75) is 68.6 Å². The summed E-state index contributed by atoms with van der Waals surface area (Å²) in [5, 5.41) is -0.726. The van der Waals surface area contributed by atoms with Crippen molar-refractivity contribution in [2.75, 3.05) is 13.7 Å². The Morgan fingerprint density at radius 2 is 1.67 bits per heavy atom. The quantitative estimate of drug-likeness (QED) is 0.449. The minimum absolute atomic E-state index is 0.134. The van der Waals surface area contributed by atoms with Crippen LogP contribution in [0.3, 0.4) is 0 Å². The van der Waals surface area contributed by atoms with Crippen molar-refractivity contribution in [2.24, 2.45) is 0 Å². The predicted octanol–water partition coefficient (Wildman–Crippen LogP) is 5.73. The second kappa shape index (κ2) is 10.2. The summed E-state index contributed by atoms with van der Waals surface area (Å²) in [6, 6.07) is 12.6. The highest BCUT2D eigenvalue weighted by Crippen LogP contribution is 2.45. The topological polar surface area (TPSA) is 61.8 Å². The molecule has 164 valence electrons. The maximum Gasteiger partial charge on any atom is 0.192 e. The van der Waals surface area contributed by atoms with Gasteiger partial charge in [-0.15, -0.1) is 0 Å². The molecule has 1 heterocycles. The summed E-state index contributed by atoms with van der Waals surface area (Å²) < 4.78 is 43.4. The van der Waals surface area contributed by atoms with E-state index < -0.39 is 21.2 Å². The average Bonchev–Trinajstić information content (AvgIpc) is 2.76. The highest BCUT2D eigenvalue weighted by Gasteiger charge is 2.42. The van der Waals surface area contributed by atoms with Crippen LogP contribution >= 0.6 is 0 Å². The number of unbranched alkanes of at least 4 members (excludes halogenated alkanes) is 5. The molecule has 0 saturated heterocycles. The zero-order valence-corrected chi connectivity index (χ0v) is 18.9. The second-order valence-electron chi connectivity index (χ2n) is 7.76. The Morgan fingerprint density at radius 3 is 2.37 bits per heavy atom. The van der Waals surface area contributed by atoms with E-state index in [1.807, 2.05) is 24.3 Å². The van der Waals surface area contributed by atoms with Crippen molar-refractivity contribution in [3.8, 4) is 17.2 Å². The summed E-state index contributed by atoms with van der Waals surface area (Å²) in [6.45, 7) is 4.60. The van der Waals surface area contributed by atoms with E-state index in [9.17, 15) is 8.42 Å². The molecule has 2 atom stereocenters. The van der Waals surface area contributed by atoms with Crippen LogP contribution in [0.25, 0.3) is 0 Å². The third-order valence-corrected chi connectivity index (χ3v) is 7.79. The van der Waals surface area contributed by atoms with Gasteiger partial charge in [-0.25, -0.2) is 8.42 Å². The number of rotatable bonds is 10. The normalized spacial score (nSPS) is 19.6. The van der Waals surface area contributed by atoms with Crippen molar-refractivity contribution in [1.29, 1.82) is 0 Å². The van der Waals surface area contributed by atoms with E-state index in [0.717, 1.165) is 17.7 Å². The lowest BCUT2D eigenvalue weighted by molar-refractivity contribution is 0.186. The molecule has 6 heteroatoms. The number of benzene rings is 2. The molecule has 30 heavy (non-hydrogen) atoms. The standard InChI is InChI=1S/C24H32O5S/c1-4-5-6-7-8-9-17-28-20-15-13-19(14-16-20)23-18(2)30(25,26)24-21(27-3)11-10-12-22(24)29-23/h10-16,18,23H,4-9,17H2,1-3H3/t18-,23+/m0/s1. The van der Waals surface area contributed by atoms with Gasteiger partial charge in [-0.3, -0.25) is 0 Å². The van der Waals surface area contributed by atoms with E-state index in [0.29, 0.717) is 18.1 Å². The summed E-state index contributed by atoms with van der Waals surface area (Å²) in [4.78, 5) is 0.134. The number of hydrogen-bond donors (Lipinski definition) is 0. The van der Waals surface area contributed by atoms with Crippen LogP contribution in [-0.2, 0) is 9.84 Å². The number of methoxy groups -OCH3 is 1. The van der Waals surface area contributed by atoms with Crippen LogP contribution in [0.4, 0.5) is 0 Å². The third-order valence-electron chi connectivity index (χ3n) is 5.59. The molecule has 2 aromatic carbocycles. The van der Waals surface area contributed by atoms with Gasteiger partial charge in [0, 0.05) is 0 Å². The van der Waals surface area contributed by atoms with Gasteiger partial charge >= 0.3 is 0 Å². The predicted molar refractivity (Wildman–Crippen MR) is 118 cm³/mol. The lowest BCUT2D eigenvalue weighted by Gasteiger charge is -2.32. The Labute approximate surface area is 180 Å². The molecule has 0 amide bonds. The largest absolute Gasteiger partial charge is 0.495 e. The molecule has 0 radical (unpaired) electrons. The first-order chi connectivity index (χ1) is 14.5. The molecule has 2 aromatic rings. The maximum absolute atomic E-state index is 13.1. The van der Waals surface area contributed by atoms with Gasteiger partial charge in [-0.2, -0.15) is 0 Å². The second-order valence-corrected chi connectivity index (χ2v) is 10.0. The van der Waals surface area contributed by atoms with E-state index in [1.54, 1.807) is 25.1 Å². The van der Waals surface area contributed by atoms with Crippen molar-refractivity contribution in [1.82, 2.24) is 0 Å². The first-order valence-electron chi connectivity index (χ1n) is 10.8. The SMILES string of the molecule is CCCCCCCCOc1ccc([C@@H]2Oc3cccc(OC)c3S(=O)(=O)[C@H]2C)cc1. The number of sulfone groups is 1. The van der Waals surface area contributed by atoms with Gasteiger partial charge in [0.1, 0.15) is 28.6 Å². The molecular weight excluding hydrogens is 400 g/mol. The zero-order valence-electron chi connectivity index (χ0n) is 18.1. The van der Waals surface area contributed by atoms with Gasteiger partial charge in [-0.1, -0.05) is 57.2 Å². The Kier molecular flexibility index (Phi) is 7.64. The summed E-state index contributed by atoms with van der Waals surface area (Å²) in [6.07, 6.45) is 6.76. The van der Waals surface area contributed by atoms with E-state index in [1.165, 1.54) is 39.2 Å². The first kappa shape index (κ1) is 22.5.